The molecule has 140 valence electrons. The number of nitrogens with zero attached hydrogens (tertiary/aromatic N) is 1. The first-order valence-corrected chi connectivity index (χ1v) is 9.50. The summed E-state index contributed by atoms with van der Waals surface area (Å²) in [5, 5.41) is 0. The van der Waals surface area contributed by atoms with Gasteiger partial charge in [0, 0.05) is 6.04 Å². The topological polar surface area (TPSA) is 38.8 Å². The van der Waals surface area contributed by atoms with E-state index >= 15 is 0 Å². The largest absolute Gasteiger partial charge is 0.496 e. The third kappa shape index (κ3) is 3.57. The first kappa shape index (κ1) is 17.7. The Kier molecular flexibility index (Phi) is 4.88. The standard InChI is InChI=1S/C23H25NO3/c1-16-8-9-18(14-22(16)26-2)19-12-20-10-11-21(13-19)24(20)23(25)27-15-17-6-4-3-5-7-17/h3-9,12,14,20-21H,10-11,13,15H2,1-2H3. The number of hydrogen-bond donors (Lipinski definition) is 0. The van der Waals surface area contributed by atoms with Crippen molar-refractivity contribution in [3.05, 3.63) is 71.3 Å². The molecule has 4 heteroatoms. The van der Waals surface area contributed by atoms with E-state index in [2.05, 4.69) is 24.3 Å². The fourth-order valence-electron chi connectivity index (χ4n) is 4.14. The second-order valence-electron chi connectivity index (χ2n) is 7.33. The maximum Gasteiger partial charge on any atom is 0.410 e. The van der Waals surface area contributed by atoms with Crippen LogP contribution in [0.15, 0.2) is 54.6 Å². The monoisotopic (exact) mass is 363 g/mol. The van der Waals surface area contributed by atoms with Crippen LogP contribution in [0.3, 0.4) is 0 Å². The lowest BCUT2D eigenvalue weighted by Crippen LogP contribution is -2.43. The molecule has 2 bridgehead atoms. The summed E-state index contributed by atoms with van der Waals surface area (Å²) in [7, 11) is 1.70. The fourth-order valence-corrected chi connectivity index (χ4v) is 4.14. The summed E-state index contributed by atoms with van der Waals surface area (Å²) in [4.78, 5) is 14.6. The third-order valence-corrected chi connectivity index (χ3v) is 5.59. The molecule has 2 aliphatic rings. The maximum atomic E-state index is 12.7. The Morgan fingerprint density at radius 2 is 1.96 bits per heavy atom. The Morgan fingerprint density at radius 3 is 2.70 bits per heavy atom. The van der Waals surface area contributed by atoms with Crippen molar-refractivity contribution in [3.8, 4) is 5.75 Å². The Balaban J connectivity index is 1.48. The second kappa shape index (κ2) is 7.47. The van der Waals surface area contributed by atoms with Gasteiger partial charge in [-0.15, -0.1) is 0 Å². The SMILES string of the molecule is COc1cc(C2=CC3CCC(C2)N3C(=O)OCc2ccccc2)ccc1C. The van der Waals surface area contributed by atoms with Gasteiger partial charge in [-0.25, -0.2) is 4.79 Å². The van der Waals surface area contributed by atoms with Crippen molar-refractivity contribution in [2.45, 2.75) is 44.9 Å². The van der Waals surface area contributed by atoms with Gasteiger partial charge in [0.25, 0.3) is 0 Å². The number of aryl methyl sites for hydroxylation is 1. The van der Waals surface area contributed by atoms with Gasteiger partial charge in [-0.05, 0) is 54.5 Å². The molecule has 1 fully saturated rings. The van der Waals surface area contributed by atoms with Crippen LogP contribution in [0.4, 0.5) is 4.79 Å². The minimum absolute atomic E-state index is 0.120. The number of ether oxygens (including phenoxy) is 2. The number of amides is 1. The molecule has 2 atom stereocenters. The van der Waals surface area contributed by atoms with Crippen LogP contribution in [0.2, 0.25) is 0 Å². The van der Waals surface area contributed by atoms with Gasteiger partial charge in [-0.1, -0.05) is 48.5 Å². The quantitative estimate of drug-likeness (QED) is 0.771. The number of fused-ring (bicyclic) bond motifs is 2. The summed E-state index contributed by atoms with van der Waals surface area (Å²) < 4.78 is 11.0. The van der Waals surface area contributed by atoms with Crippen molar-refractivity contribution in [3.63, 3.8) is 0 Å². The lowest BCUT2D eigenvalue weighted by atomic mass is 9.94. The first-order chi connectivity index (χ1) is 13.2. The summed E-state index contributed by atoms with van der Waals surface area (Å²) in [5.41, 5.74) is 4.63. The zero-order valence-corrected chi connectivity index (χ0v) is 15.9. The summed E-state index contributed by atoms with van der Waals surface area (Å²) in [6.07, 6.45) is 4.91. The number of carbonyl (C=O) groups excluding carboxylic acids is 1. The van der Waals surface area contributed by atoms with E-state index in [4.69, 9.17) is 9.47 Å². The smallest absolute Gasteiger partial charge is 0.410 e. The molecular formula is C23H25NO3. The molecule has 0 spiro atoms. The van der Waals surface area contributed by atoms with Crippen LogP contribution < -0.4 is 4.74 Å². The molecule has 0 saturated carbocycles. The highest BCUT2D eigenvalue weighted by atomic mass is 16.6. The molecule has 4 nitrogen and oxygen atoms in total. The molecular weight excluding hydrogens is 338 g/mol. The lowest BCUT2D eigenvalue weighted by molar-refractivity contribution is 0.0832. The van der Waals surface area contributed by atoms with Gasteiger partial charge in [0.05, 0.1) is 13.2 Å². The molecule has 1 amide bonds. The Bertz CT molecular complexity index is 859. The van der Waals surface area contributed by atoms with E-state index < -0.39 is 0 Å². The van der Waals surface area contributed by atoms with E-state index in [0.717, 1.165) is 36.1 Å². The molecule has 2 aliphatic heterocycles. The van der Waals surface area contributed by atoms with Crippen molar-refractivity contribution in [1.29, 1.82) is 0 Å². The fraction of sp³-hybridized carbons (Fsp3) is 0.348. The summed E-state index contributed by atoms with van der Waals surface area (Å²) in [5.74, 6) is 0.908. The summed E-state index contributed by atoms with van der Waals surface area (Å²) >= 11 is 0. The van der Waals surface area contributed by atoms with Crippen molar-refractivity contribution in [2.75, 3.05) is 7.11 Å². The van der Waals surface area contributed by atoms with Crippen LogP contribution in [-0.4, -0.2) is 30.2 Å². The van der Waals surface area contributed by atoms with Crippen LogP contribution in [0, 0.1) is 6.92 Å². The molecule has 0 radical (unpaired) electrons. The van der Waals surface area contributed by atoms with Crippen LogP contribution in [0.1, 0.15) is 36.0 Å². The predicted molar refractivity (Wildman–Crippen MR) is 106 cm³/mol. The minimum atomic E-state index is -0.205. The highest BCUT2D eigenvalue weighted by Crippen LogP contribution is 2.39. The number of rotatable bonds is 4. The van der Waals surface area contributed by atoms with Gasteiger partial charge in [0.2, 0.25) is 0 Å². The van der Waals surface area contributed by atoms with Crippen LogP contribution in [0.25, 0.3) is 5.57 Å². The molecule has 0 N–H and O–H groups in total. The van der Waals surface area contributed by atoms with E-state index in [0.29, 0.717) is 6.61 Å². The Hall–Kier alpha value is -2.75. The summed E-state index contributed by atoms with van der Waals surface area (Å²) in [6, 6.07) is 16.5. The van der Waals surface area contributed by atoms with Gasteiger partial charge < -0.3 is 9.47 Å². The highest BCUT2D eigenvalue weighted by molar-refractivity contribution is 5.75. The molecule has 2 aromatic carbocycles. The second-order valence-corrected chi connectivity index (χ2v) is 7.33. The molecule has 0 aliphatic carbocycles. The Morgan fingerprint density at radius 1 is 1.15 bits per heavy atom. The third-order valence-electron chi connectivity index (χ3n) is 5.59. The van der Waals surface area contributed by atoms with Crippen molar-refractivity contribution in [2.24, 2.45) is 0 Å². The van der Waals surface area contributed by atoms with Gasteiger partial charge in [-0.3, -0.25) is 4.90 Å². The Labute approximate surface area is 160 Å². The van der Waals surface area contributed by atoms with E-state index in [1.807, 2.05) is 42.2 Å². The zero-order valence-electron chi connectivity index (χ0n) is 15.9. The summed E-state index contributed by atoms with van der Waals surface area (Å²) in [6.45, 7) is 2.37. The van der Waals surface area contributed by atoms with Crippen molar-refractivity contribution < 1.29 is 14.3 Å². The lowest BCUT2D eigenvalue weighted by Gasteiger charge is -2.33. The van der Waals surface area contributed by atoms with E-state index in [1.165, 1.54) is 11.1 Å². The number of hydrogen-bond acceptors (Lipinski definition) is 3. The number of benzene rings is 2. The normalized spacial score (nSPS) is 21.0. The molecule has 2 heterocycles. The van der Waals surface area contributed by atoms with Crippen LogP contribution in [0.5, 0.6) is 5.75 Å². The van der Waals surface area contributed by atoms with Gasteiger partial charge in [0.1, 0.15) is 12.4 Å². The number of carbonyl (C=O) groups is 1. The molecule has 27 heavy (non-hydrogen) atoms. The predicted octanol–water partition coefficient (Wildman–Crippen LogP) is 4.96. The molecule has 2 aromatic rings. The molecule has 0 aromatic heterocycles. The van der Waals surface area contributed by atoms with E-state index in [-0.39, 0.29) is 18.2 Å². The molecule has 2 unspecified atom stereocenters. The average molecular weight is 363 g/mol. The van der Waals surface area contributed by atoms with Gasteiger partial charge in [0.15, 0.2) is 0 Å². The highest BCUT2D eigenvalue weighted by Gasteiger charge is 2.40. The minimum Gasteiger partial charge on any atom is -0.496 e. The van der Waals surface area contributed by atoms with Crippen LogP contribution in [-0.2, 0) is 11.3 Å². The molecule has 1 saturated heterocycles. The molecule has 4 rings (SSSR count). The average Bonchev–Trinajstić information content (AvgIpc) is 2.97. The van der Waals surface area contributed by atoms with Crippen LogP contribution >= 0.6 is 0 Å². The number of methoxy groups -OCH3 is 1. The zero-order chi connectivity index (χ0) is 18.8. The van der Waals surface area contributed by atoms with Crippen molar-refractivity contribution in [1.82, 2.24) is 4.90 Å². The maximum absolute atomic E-state index is 12.7. The van der Waals surface area contributed by atoms with E-state index in [9.17, 15) is 4.79 Å². The van der Waals surface area contributed by atoms with Gasteiger partial charge >= 0.3 is 6.09 Å². The first-order valence-electron chi connectivity index (χ1n) is 9.50. The van der Waals surface area contributed by atoms with E-state index in [1.54, 1.807) is 7.11 Å². The van der Waals surface area contributed by atoms with Crippen molar-refractivity contribution >= 4 is 11.7 Å². The van der Waals surface area contributed by atoms with Gasteiger partial charge in [-0.2, -0.15) is 0 Å².